The van der Waals surface area contributed by atoms with Crippen molar-refractivity contribution in [1.82, 2.24) is 0 Å². The molecule has 1 aromatic rings. The third-order valence-corrected chi connectivity index (χ3v) is 2.11. The van der Waals surface area contributed by atoms with Crippen LogP contribution in [0.15, 0.2) is 0 Å². The number of rotatable bonds is 2. The molecule has 0 spiro atoms. The summed E-state index contributed by atoms with van der Waals surface area (Å²) >= 11 is 0. The second-order valence-corrected chi connectivity index (χ2v) is 3.40. The van der Waals surface area contributed by atoms with E-state index in [1.54, 1.807) is 0 Å². The zero-order chi connectivity index (χ0) is 16.1. The van der Waals surface area contributed by atoms with Gasteiger partial charge in [0.2, 0.25) is 0 Å². The van der Waals surface area contributed by atoms with Gasteiger partial charge in [-0.15, -0.1) is 0 Å². The van der Waals surface area contributed by atoms with E-state index in [2.05, 4.69) is 0 Å². The minimum absolute atomic E-state index is 0.449. The van der Waals surface area contributed by atoms with Gasteiger partial charge in [0.15, 0.2) is 17.5 Å². The van der Waals surface area contributed by atoms with E-state index >= 15 is 0 Å². The number of halogens is 11. The Balaban J connectivity index is 3.64. The molecule has 113 valence electrons. The van der Waals surface area contributed by atoms with Crippen LogP contribution < -0.4 is 0 Å². The normalized spacial score (nSPS) is 13.8. The quantitative estimate of drug-likeness (QED) is 0.433. The molecule has 20 heavy (non-hydrogen) atoms. The number of benzene rings is 1. The van der Waals surface area contributed by atoms with Crippen LogP contribution in [0.3, 0.4) is 0 Å². The Bertz CT molecular complexity index is 528. The van der Waals surface area contributed by atoms with Crippen LogP contribution in [0.2, 0.25) is 0 Å². The second-order valence-electron chi connectivity index (χ2n) is 3.40. The summed E-state index contributed by atoms with van der Waals surface area (Å²) in [5.74, 6) is -24.9. The molecular weight excluding hydrogens is 317 g/mol. The molecule has 0 atom stereocenters. The lowest BCUT2D eigenvalue weighted by molar-refractivity contribution is -0.360. The number of hydrogen-bond acceptors (Lipinski definition) is 0. The molecule has 0 heterocycles. The van der Waals surface area contributed by atoms with Crippen molar-refractivity contribution >= 4 is 0 Å². The zero-order valence-corrected chi connectivity index (χ0v) is 8.66. The molecule has 11 heteroatoms. The van der Waals surface area contributed by atoms with E-state index in [1.807, 2.05) is 0 Å². The Kier molecular flexibility index (Phi) is 3.70. The Morgan fingerprint density at radius 3 is 1.50 bits per heavy atom. The van der Waals surface area contributed by atoms with Crippen molar-refractivity contribution in [2.75, 3.05) is 0 Å². The molecule has 1 aromatic carbocycles. The van der Waals surface area contributed by atoms with Crippen molar-refractivity contribution in [3.8, 4) is 0 Å². The van der Waals surface area contributed by atoms with E-state index < -0.39 is 46.9 Å². The molecule has 1 rings (SSSR count). The van der Waals surface area contributed by atoms with Crippen LogP contribution in [0.25, 0.3) is 0 Å². The molecule has 0 unspecified atom stereocenters. The van der Waals surface area contributed by atoms with Crippen molar-refractivity contribution in [3.63, 3.8) is 0 Å². The highest BCUT2D eigenvalue weighted by atomic mass is 19.4. The molecule has 0 bridgehead atoms. The van der Waals surface area contributed by atoms with Crippen molar-refractivity contribution < 1.29 is 48.3 Å². The molecule has 0 nitrogen and oxygen atoms in total. The summed E-state index contributed by atoms with van der Waals surface area (Å²) in [7, 11) is 0. The fraction of sp³-hybridized carbons (Fsp3) is 0.333. The predicted octanol–water partition coefficient (Wildman–Crippen LogP) is 4.33. The van der Waals surface area contributed by atoms with Crippen molar-refractivity contribution in [2.24, 2.45) is 0 Å². The zero-order valence-electron chi connectivity index (χ0n) is 8.66. The molecule has 0 aliphatic rings. The number of hydrogen-bond donors (Lipinski definition) is 0. The summed E-state index contributed by atoms with van der Waals surface area (Å²) in [4.78, 5) is 0. The minimum Gasteiger partial charge on any atom is -0.206 e. The number of alkyl halides is 7. The first-order chi connectivity index (χ1) is 8.75. The van der Waals surface area contributed by atoms with E-state index in [0.717, 1.165) is 0 Å². The molecule has 0 saturated heterocycles. The standard InChI is InChI=1S/C9F11/c10-2-1-3(11)5(12)6(13)4(2)7(14,15)8(16,17)9(18,19)20. The Labute approximate surface area is 102 Å². The van der Waals surface area contributed by atoms with Gasteiger partial charge in [0, 0.05) is 0 Å². The van der Waals surface area contributed by atoms with Crippen LogP contribution in [-0.4, -0.2) is 12.1 Å². The first-order valence-corrected chi connectivity index (χ1v) is 4.33. The average molecular weight is 317 g/mol. The molecule has 0 N–H and O–H groups in total. The lowest BCUT2D eigenvalue weighted by Crippen LogP contribution is -2.50. The van der Waals surface area contributed by atoms with Gasteiger partial charge >= 0.3 is 18.0 Å². The van der Waals surface area contributed by atoms with Crippen LogP contribution in [0.1, 0.15) is 5.56 Å². The van der Waals surface area contributed by atoms with Gasteiger partial charge in [-0.05, 0) is 0 Å². The smallest absolute Gasteiger partial charge is 0.206 e. The molecule has 0 aromatic heterocycles. The van der Waals surface area contributed by atoms with Crippen molar-refractivity contribution in [3.05, 3.63) is 34.9 Å². The monoisotopic (exact) mass is 317 g/mol. The lowest BCUT2D eigenvalue weighted by atomic mass is 10.00. The summed E-state index contributed by atoms with van der Waals surface area (Å²) in [6.45, 7) is 0. The fourth-order valence-corrected chi connectivity index (χ4v) is 1.13. The van der Waals surface area contributed by atoms with Gasteiger partial charge in [0.05, 0.1) is 6.07 Å². The summed E-state index contributed by atoms with van der Waals surface area (Å²) in [5, 5.41) is 0. The molecule has 0 amide bonds. The van der Waals surface area contributed by atoms with E-state index in [4.69, 9.17) is 0 Å². The Hall–Kier alpha value is -1.55. The summed E-state index contributed by atoms with van der Waals surface area (Å²) < 4.78 is 137. The Morgan fingerprint density at radius 2 is 1.10 bits per heavy atom. The van der Waals surface area contributed by atoms with Gasteiger partial charge in [0.25, 0.3) is 0 Å². The van der Waals surface area contributed by atoms with E-state index in [0.29, 0.717) is 6.07 Å². The van der Waals surface area contributed by atoms with Gasteiger partial charge in [-0.3, -0.25) is 0 Å². The third kappa shape index (κ3) is 2.18. The van der Waals surface area contributed by atoms with Crippen molar-refractivity contribution in [2.45, 2.75) is 18.0 Å². The second kappa shape index (κ2) is 4.48. The maximum Gasteiger partial charge on any atom is 0.460 e. The molecule has 0 saturated carbocycles. The summed E-state index contributed by atoms with van der Waals surface area (Å²) in [6, 6.07) is 0.449. The van der Waals surface area contributed by atoms with Crippen molar-refractivity contribution in [1.29, 1.82) is 0 Å². The largest absolute Gasteiger partial charge is 0.460 e. The highest BCUT2D eigenvalue weighted by Gasteiger charge is 2.75. The maximum absolute atomic E-state index is 13.0. The molecule has 0 aliphatic carbocycles. The van der Waals surface area contributed by atoms with Gasteiger partial charge < -0.3 is 0 Å². The third-order valence-electron chi connectivity index (χ3n) is 2.11. The first-order valence-electron chi connectivity index (χ1n) is 4.33. The van der Waals surface area contributed by atoms with Crippen LogP contribution in [0.4, 0.5) is 48.3 Å². The van der Waals surface area contributed by atoms with Gasteiger partial charge in [0.1, 0.15) is 11.4 Å². The molecular formula is C9F11. The van der Waals surface area contributed by atoms with Crippen LogP contribution >= 0.6 is 0 Å². The topological polar surface area (TPSA) is 0 Å². The Morgan fingerprint density at radius 1 is 0.650 bits per heavy atom. The highest BCUT2D eigenvalue weighted by molar-refractivity contribution is 5.28. The van der Waals surface area contributed by atoms with E-state index in [-0.39, 0.29) is 0 Å². The van der Waals surface area contributed by atoms with E-state index in [1.165, 1.54) is 0 Å². The van der Waals surface area contributed by atoms with E-state index in [9.17, 15) is 48.3 Å². The minimum atomic E-state index is -6.92. The van der Waals surface area contributed by atoms with Crippen LogP contribution in [0, 0.1) is 29.3 Å². The summed E-state index contributed by atoms with van der Waals surface area (Å²) in [5.41, 5.74) is -3.27. The average Bonchev–Trinajstić information content (AvgIpc) is 2.23. The fourth-order valence-electron chi connectivity index (χ4n) is 1.13. The molecule has 0 aliphatic heterocycles. The SMILES string of the molecule is Fc1[c]c(F)c(C(F)(F)C(F)(F)C(F)(F)F)c(F)c1F. The molecule has 1 radical (unpaired) electrons. The van der Waals surface area contributed by atoms with Gasteiger partial charge in [-0.1, -0.05) is 0 Å². The first kappa shape index (κ1) is 16.5. The van der Waals surface area contributed by atoms with Gasteiger partial charge in [-0.25, -0.2) is 17.6 Å². The lowest BCUT2D eigenvalue weighted by Gasteiger charge is -2.28. The maximum atomic E-state index is 13.0. The highest BCUT2D eigenvalue weighted by Crippen LogP contribution is 2.53. The van der Waals surface area contributed by atoms with Gasteiger partial charge in [-0.2, -0.15) is 30.7 Å². The molecule has 0 fully saturated rings. The van der Waals surface area contributed by atoms with Crippen LogP contribution in [-0.2, 0) is 5.92 Å². The predicted molar refractivity (Wildman–Crippen MR) is 40.0 cm³/mol. The van der Waals surface area contributed by atoms with Crippen LogP contribution in [0.5, 0.6) is 0 Å². The summed E-state index contributed by atoms with van der Waals surface area (Å²) in [6.07, 6.45) is -6.89.